The molecule has 0 aromatic heterocycles. The lowest BCUT2D eigenvalue weighted by Crippen LogP contribution is -3.00. The summed E-state index contributed by atoms with van der Waals surface area (Å²) in [6.45, 7) is 4.24. The maximum Gasteiger partial charge on any atom is 0.195 e. The molecule has 1 aromatic carbocycles. The van der Waals surface area contributed by atoms with E-state index in [1.165, 1.54) is 44.2 Å². The van der Waals surface area contributed by atoms with Crippen molar-refractivity contribution in [1.29, 1.82) is 0 Å². The van der Waals surface area contributed by atoms with Crippen LogP contribution in [-0.4, -0.2) is 16.1 Å². The Morgan fingerprint density at radius 2 is 1.88 bits per heavy atom. The quantitative estimate of drug-likeness (QED) is 0.357. The number of anilines is 1. The first-order chi connectivity index (χ1) is 12.5. The number of nitrogens with zero attached hydrogens (tertiary/aromatic N) is 1. The second-order valence-electron chi connectivity index (χ2n) is 6.85. The molecule has 0 aliphatic heterocycles. The van der Waals surface area contributed by atoms with Crippen molar-refractivity contribution in [3.63, 3.8) is 0 Å². The van der Waals surface area contributed by atoms with Gasteiger partial charge in [0, 0.05) is 17.7 Å². The molecule has 0 saturated heterocycles. The molecule has 1 fully saturated rings. The summed E-state index contributed by atoms with van der Waals surface area (Å²) in [7, 11) is 0. The van der Waals surface area contributed by atoms with Crippen LogP contribution in [0.2, 0.25) is 0 Å². The minimum absolute atomic E-state index is 0.0544. The van der Waals surface area contributed by atoms with Gasteiger partial charge in [-0.25, -0.2) is 10.4 Å². The Morgan fingerprint density at radius 1 is 1.19 bits per heavy atom. The van der Waals surface area contributed by atoms with Crippen LogP contribution in [0.15, 0.2) is 23.3 Å². The van der Waals surface area contributed by atoms with Crippen molar-refractivity contribution < 1.29 is 20.9 Å². The van der Waals surface area contributed by atoms with Crippen molar-refractivity contribution in [2.24, 2.45) is 16.9 Å². The van der Waals surface area contributed by atoms with Gasteiger partial charge in [0.15, 0.2) is 11.4 Å². The van der Waals surface area contributed by atoms with Gasteiger partial charge in [-0.1, -0.05) is 33.1 Å². The smallest absolute Gasteiger partial charge is 0.195 e. The molecule has 2 unspecified atom stereocenters. The van der Waals surface area contributed by atoms with E-state index >= 15 is 0 Å². The molecule has 0 spiro atoms. The summed E-state index contributed by atoms with van der Waals surface area (Å²) in [5.74, 6) is 1.04. The van der Waals surface area contributed by atoms with E-state index in [0.717, 1.165) is 24.6 Å². The molecule has 5 N–H and O–H groups in total. The zero-order valence-electron chi connectivity index (χ0n) is 15.5. The van der Waals surface area contributed by atoms with Gasteiger partial charge in [0.25, 0.3) is 0 Å². The van der Waals surface area contributed by atoms with E-state index in [2.05, 4.69) is 24.4 Å². The standard InChI is InChI=1S/C18H30N4O4/c1-3-15(13-8-6-5-7-9-13)16(4-2)19-20-17-11-10-14(21(23)24)12-18(17)22(25)26/h10-13,15,20-23,25H,3-9H2,1-2H3/t15-/m0/s1. The Bertz CT molecular complexity index is 601. The average molecular weight is 366 g/mol. The molecular weight excluding hydrogens is 336 g/mol. The lowest BCUT2D eigenvalue weighted by molar-refractivity contribution is -0.996. The van der Waals surface area contributed by atoms with Gasteiger partial charge < -0.3 is 10.4 Å². The third-order valence-electron chi connectivity index (χ3n) is 5.27. The maximum atomic E-state index is 11.5. The van der Waals surface area contributed by atoms with Crippen molar-refractivity contribution in [3.8, 4) is 0 Å². The third kappa shape index (κ3) is 5.23. The number of benzene rings is 1. The predicted octanol–water partition coefficient (Wildman–Crippen LogP) is 2.28. The zero-order valence-corrected chi connectivity index (χ0v) is 15.5. The average Bonchev–Trinajstić information content (AvgIpc) is 2.65. The highest BCUT2D eigenvalue weighted by molar-refractivity contribution is 5.87. The molecule has 1 aliphatic carbocycles. The SMILES string of the molecule is CCC(=NNc1ccc([NH+]([O-])O)cc1[NH+]([O-])O)[C@@H](CC)C1CCCCC1. The summed E-state index contributed by atoms with van der Waals surface area (Å²) in [6.07, 6.45) is 8.12. The van der Waals surface area contributed by atoms with Gasteiger partial charge in [0.1, 0.15) is 5.69 Å². The van der Waals surface area contributed by atoms with Gasteiger partial charge in [-0.05, 0) is 37.7 Å². The monoisotopic (exact) mass is 366 g/mol. The van der Waals surface area contributed by atoms with Crippen molar-refractivity contribution in [3.05, 3.63) is 28.6 Å². The molecule has 8 nitrogen and oxygen atoms in total. The molecule has 0 radical (unpaired) electrons. The Balaban J connectivity index is 2.21. The Morgan fingerprint density at radius 3 is 2.42 bits per heavy atom. The fraction of sp³-hybridized carbons (Fsp3) is 0.611. The molecule has 1 aromatic rings. The minimum atomic E-state index is -1.18. The third-order valence-corrected chi connectivity index (χ3v) is 5.27. The number of quaternary nitrogens is 2. The Labute approximate surface area is 154 Å². The van der Waals surface area contributed by atoms with Crippen LogP contribution in [0.3, 0.4) is 0 Å². The minimum Gasteiger partial charge on any atom is -0.595 e. The second-order valence-corrected chi connectivity index (χ2v) is 6.85. The van der Waals surface area contributed by atoms with E-state index in [0.29, 0.717) is 17.5 Å². The second kappa shape index (κ2) is 9.96. The van der Waals surface area contributed by atoms with Crippen molar-refractivity contribution in [2.75, 3.05) is 5.43 Å². The summed E-state index contributed by atoms with van der Waals surface area (Å²) < 4.78 is 0. The number of hydrazone groups is 1. The number of hydrogen-bond donors (Lipinski definition) is 5. The topological polar surface area (TPSA) is 120 Å². The molecule has 0 heterocycles. The molecule has 26 heavy (non-hydrogen) atoms. The number of nitrogens with one attached hydrogen (secondary N) is 3. The van der Waals surface area contributed by atoms with Crippen LogP contribution in [0.25, 0.3) is 0 Å². The van der Waals surface area contributed by atoms with Crippen LogP contribution < -0.4 is 15.9 Å². The van der Waals surface area contributed by atoms with Gasteiger partial charge in [-0.2, -0.15) is 15.6 Å². The Hall–Kier alpha value is -1.55. The van der Waals surface area contributed by atoms with Crippen LogP contribution in [0.4, 0.5) is 17.1 Å². The largest absolute Gasteiger partial charge is 0.595 e. The van der Waals surface area contributed by atoms with E-state index in [4.69, 9.17) is 5.21 Å². The molecular formula is C18H30N4O4. The van der Waals surface area contributed by atoms with E-state index in [9.17, 15) is 15.6 Å². The van der Waals surface area contributed by atoms with Gasteiger partial charge in [0.2, 0.25) is 0 Å². The highest BCUT2D eigenvalue weighted by atomic mass is 16.8. The van der Waals surface area contributed by atoms with Crippen LogP contribution in [0.5, 0.6) is 0 Å². The fourth-order valence-electron chi connectivity index (χ4n) is 3.89. The molecule has 0 amide bonds. The number of rotatable bonds is 8. The molecule has 1 saturated carbocycles. The van der Waals surface area contributed by atoms with E-state index in [1.54, 1.807) is 0 Å². The van der Waals surface area contributed by atoms with E-state index in [-0.39, 0.29) is 11.4 Å². The molecule has 3 atom stereocenters. The summed E-state index contributed by atoms with van der Waals surface area (Å²) in [5.41, 5.74) is 4.10. The summed E-state index contributed by atoms with van der Waals surface area (Å²) >= 11 is 0. The van der Waals surface area contributed by atoms with E-state index in [1.807, 2.05) is 0 Å². The first-order valence-corrected chi connectivity index (χ1v) is 9.41. The van der Waals surface area contributed by atoms with Crippen LogP contribution in [0.1, 0.15) is 58.8 Å². The number of hydrogen-bond acceptors (Lipinski definition) is 6. The van der Waals surface area contributed by atoms with Crippen LogP contribution >= 0.6 is 0 Å². The molecule has 2 rings (SSSR count). The molecule has 0 bridgehead atoms. The van der Waals surface area contributed by atoms with E-state index < -0.39 is 10.5 Å². The van der Waals surface area contributed by atoms with Crippen molar-refractivity contribution in [2.45, 2.75) is 58.8 Å². The molecule has 8 heteroatoms. The van der Waals surface area contributed by atoms with Gasteiger partial charge in [-0.15, -0.1) is 0 Å². The highest BCUT2D eigenvalue weighted by Crippen LogP contribution is 2.33. The fourth-order valence-corrected chi connectivity index (χ4v) is 3.89. The lowest BCUT2D eigenvalue weighted by atomic mass is 9.76. The zero-order chi connectivity index (χ0) is 19.1. The molecule has 146 valence electrons. The summed E-state index contributed by atoms with van der Waals surface area (Å²) in [5, 5.41) is 43.1. The van der Waals surface area contributed by atoms with Gasteiger partial charge in [-0.3, -0.25) is 5.43 Å². The van der Waals surface area contributed by atoms with Crippen molar-refractivity contribution in [1.82, 2.24) is 0 Å². The van der Waals surface area contributed by atoms with Gasteiger partial charge in [0.05, 0.1) is 6.07 Å². The first kappa shape index (κ1) is 20.8. The van der Waals surface area contributed by atoms with Gasteiger partial charge >= 0.3 is 0 Å². The highest BCUT2D eigenvalue weighted by Gasteiger charge is 2.26. The maximum absolute atomic E-state index is 11.5. The van der Waals surface area contributed by atoms with Crippen molar-refractivity contribution >= 4 is 22.8 Å². The normalized spacial score (nSPS) is 19.8. The first-order valence-electron chi connectivity index (χ1n) is 9.41. The predicted molar refractivity (Wildman–Crippen MR) is 99.7 cm³/mol. The Kier molecular flexibility index (Phi) is 7.95. The lowest BCUT2D eigenvalue weighted by Gasteiger charge is -2.30. The molecule has 1 aliphatic rings. The van der Waals surface area contributed by atoms with Crippen LogP contribution in [-0.2, 0) is 0 Å². The summed E-state index contributed by atoms with van der Waals surface area (Å²) in [4.78, 5) is 0. The summed E-state index contributed by atoms with van der Waals surface area (Å²) in [6, 6.07) is 4.01. The van der Waals surface area contributed by atoms with Crippen LogP contribution in [0, 0.1) is 22.3 Å².